The number of hydrogen-bond donors (Lipinski definition) is 1. The fourth-order valence-corrected chi connectivity index (χ4v) is 1.15. The van der Waals surface area contributed by atoms with Gasteiger partial charge in [-0.3, -0.25) is 0 Å². The van der Waals surface area contributed by atoms with Crippen molar-refractivity contribution in [2.45, 2.75) is 6.92 Å². The monoisotopic (exact) mass is 141 g/mol. The van der Waals surface area contributed by atoms with Crippen molar-refractivity contribution >= 4 is 17.7 Å². The van der Waals surface area contributed by atoms with Crippen molar-refractivity contribution in [1.82, 2.24) is 4.37 Å². The quantitative estimate of drug-likeness (QED) is 0.356. The van der Waals surface area contributed by atoms with E-state index in [4.69, 9.17) is 5.84 Å². The predicted molar refractivity (Wildman–Crippen MR) is 38.6 cm³/mol. The van der Waals surface area contributed by atoms with E-state index in [-0.39, 0.29) is 0 Å². The second-order valence-electron chi connectivity index (χ2n) is 1.65. The summed E-state index contributed by atoms with van der Waals surface area (Å²) < 4.78 is 4.03. The van der Waals surface area contributed by atoms with Crippen molar-refractivity contribution < 1.29 is 0 Å². The zero-order chi connectivity index (χ0) is 6.69. The zero-order valence-corrected chi connectivity index (χ0v) is 5.85. The van der Waals surface area contributed by atoms with Crippen LogP contribution in [0.2, 0.25) is 0 Å². The lowest BCUT2D eigenvalue weighted by molar-refractivity contribution is 1.27. The molecule has 4 heteroatoms. The van der Waals surface area contributed by atoms with Gasteiger partial charge in [0.2, 0.25) is 0 Å². The lowest BCUT2D eigenvalue weighted by Crippen LogP contribution is -1.80. The van der Waals surface area contributed by atoms with E-state index in [9.17, 15) is 0 Å². The van der Waals surface area contributed by atoms with Gasteiger partial charge in [0.15, 0.2) is 0 Å². The van der Waals surface area contributed by atoms with Crippen molar-refractivity contribution in [3.8, 4) is 0 Å². The van der Waals surface area contributed by atoms with Gasteiger partial charge in [0, 0.05) is 0 Å². The number of nitrogens with two attached hydrogens (primary N) is 1. The van der Waals surface area contributed by atoms with E-state index >= 15 is 0 Å². The van der Waals surface area contributed by atoms with E-state index in [1.165, 1.54) is 11.5 Å². The van der Waals surface area contributed by atoms with E-state index in [2.05, 4.69) is 9.47 Å². The summed E-state index contributed by atoms with van der Waals surface area (Å²) in [5, 5.41) is 3.36. The van der Waals surface area contributed by atoms with E-state index < -0.39 is 0 Å². The molecule has 0 amide bonds. The van der Waals surface area contributed by atoms with Crippen molar-refractivity contribution in [2.24, 2.45) is 10.9 Å². The van der Waals surface area contributed by atoms with Crippen LogP contribution >= 0.6 is 11.5 Å². The van der Waals surface area contributed by atoms with Gasteiger partial charge in [0.25, 0.3) is 0 Å². The Kier molecular flexibility index (Phi) is 1.79. The van der Waals surface area contributed by atoms with Crippen molar-refractivity contribution in [2.75, 3.05) is 0 Å². The fraction of sp³-hybridized carbons (Fsp3) is 0.200. The van der Waals surface area contributed by atoms with Gasteiger partial charge < -0.3 is 5.84 Å². The molecule has 0 bridgehead atoms. The summed E-state index contributed by atoms with van der Waals surface area (Å²) in [5.41, 5.74) is 1.01. The van der Waals surface area contributed by atoms with Gasteiger partial charge in [0.05, 0.1) is 16.8 Å². The van der Waals surface area contributed by atoms with Crippen molar-refractivity contribution in [1.29, 1.82) is 0 Å². The molecule has 0 atom stereocenters. The van der Waals surface area contributed by atoms with Crippen LogP contribution in [-0.2, 0) is 0 Å². The first-order valence-corrected chi connectivity index (χ1v) is 3.27. The van der Waals surface area contributed by atoms with Crippen LogP contribution in [0.25, 0.3) is 0 Å². The third-order valence-corrected chi connectivity index (χ3v) is 1.66. The molecule has 0 saturated carbocycles. The molecule has 1 rings (SSSR count). The minimum atomic E-state index is 0.995. The molecule has 0 unspecified atom stereocenters. The molecule has 1 aromatic heterocycles. The SMILES string of the molecule is Cc1cc(/C=N/N)sn1. The smallest absolute Gasteiger partial charge is 0.0680 e. The van der Waals surface area contributed by atoms with Crippen LogP contribution in [0.5, 0.6) is 0 Å². The van der Waals surface area contributed by atoms with Crippen LogP contribution in [0.3, 0.4) is 0 Å². The molecular formula is C5H7N3S. The maximum Gasteiger partial charge on any atom is 0.0680 e. The largest absolute Gasteiger partial charge is 0.323 e. The molecule has 0 spiro atoms. The highest BCUT2D eigenvalue weighted by atomic mass is 32.1. The third kappa shape index (κ3) is 1.50. The van der Waals surface area contributed by atoms with Crippen molar-refractivity contribution in [3.05, 3.63) is 16.6 Å². The summed E-state index contributed by atoms with van der Waals surface area (Å²) >= 11 is 1.39. The van der Waals surface area contributed by atoms with Crippen LogP contribution in [0.1, 0.15) is 10.6 Å². The maximum atomic E-state index is 4.92. The fourth-order valence-electron chi connectivity index (χ4n) is 0.518. The highest BCUT2D eigenvalue weighted by molar-refractivity contribution is 7.07. The predicted octanol–water partition coefficient (Wildman–Crippen LogP) is 0.744. The number of hydrogen-bond acceptors (Lipinski definition) is 4. The summed E-state index contributed by atoms with van der Waals surface area (Å²) in [5.74, 6) is 4.92. The summed E-state index contributed by atoms with van der Waals surface area (Å²) in [6.45, 7) is 1.93. The first-order chi connectivity index (χ1) is 4.33. The van der Waals surface area contributed by atoms with Gasteiger partial charge in [-0.2, -0.15) is 9.47 Å². The first-order valence-electron chi connectivity index (χ1n) is 2.49. The van der Waals surface area contributed by atoms with Crippen molar-refractivity contribution in [3.63, 3.8) is 0 Å². The van der Waals surface area contributed by atoms with Crippen LogP contribution in [-0.4, -0.2) is 10.6 Å². The van der Waals surface area contributed by atoms with Crippen LogP contribution in [0.15, 0.2) is 11.2 Å². The van der Waals surface area contributed by atoms with E-state index in [0.29, 0.717) is 0 Å². The first kappa shape index (κ1) is 6.22. The van der Waals surface area contributed by atoms with E-state index in [1.807, 2.05) is 13.0 Å². The topological polar surface area (TPSA) is 51.3 Å². The molecule has 48 valence electrons. The van der Waals surface area contributed by atoms with Crippen LogP contribution < -0.4 is 5.84 Å². The molecule has 0 saturated heterocycles. The molecule has 0 fully saturated rings. The van der Waals surface area contributed by atoms with Gasteiger partial charge in [-0.15, -0.1) is 0 Å². The number of rotatable bonds is 1. The average molecular weight is 141 g/mol. The summed E-state index contributed by atoms with van der Waals surface area (Å²) in [7, 11) is 0. The molecule has 0 aliphatic heterocycles. The number of nitrogens with zero attached hydrogens (tertiary/aromatic N) is 2. The Hall–Kier alpha value is -0.900. The Labute approximate surface area is 57.4 Å². The molecule has 1 heterocycles. The minimum absolute atomic E-state index is 0.995. The zero-order valence-electron chi connectivity index (χ0n) is 5.03. The second kappa shape index (κ2) is 2.59. The lowest BCUT2D eigenvalue weighted by Gasteiger charge is -1.73. The minimum Gasteiger partial charge on any atom is -0.323 e. The maximum absolute atomic E-state index is 4.92. The molecule has 0 aliphatic rings. The molecule has 1 aromatic rings. The number of aryl methyl sites for hydroxylation is 1. The molecule has 2 N–H and O–H groups in total. The average Bonchev–Trinajstić information content (AvgIpc) is 2.17. The van der Waals surface area contributed by atoms with Crippen LogP contribution in [0, 0.1) is 6.92 Å². The molecule has 0 radical (unpaired) electrons. The highest BCUT2D eigenvalue weighted by Crippen LogP contribution is 2.04. The normalized spacial score (nSPS) is 10.8. The summed E-state index contributed by atoms with van der Waals surface area (Å²) in [4.78, 5) is 0.995. The van der Waals surface area contributed by atoms with E-state index in [0.717, 1.165) is 10.6 Å². The molecular weight excluding hydrogens is 134 g/mol. The Balaban J connectivity index is 2.85. The number of hydrazone groups is 1. The standard InChI is InChI=1S/C5H7N3S/c1-4-2-5(3-7-6)9-8-4/h2-3H,6H2,1H3/b7-3+. The Morgan fingerprint density at radius 2 is 2.67 bits per heavy atom. The Bertz CT molecular complexity index is 216. The molecule has 9 heavy (non-hydrogen) atoms. The Morgan fingerprint density at radius 3 is 3.11 bits per heavy atom. The van der Waals surface area contributed by atoms with Gasteiger partial charge >= 0.3 is 0 Å². The highest BCUT2D eigenvalue weighted by Gasteiger charge is 1.91. The molecule has 0 aromatic carbocycles. The lowest BCUT2D eigenvalue weighted by atomic mass is 10.4. The molecule has 0 aliphatic carbocycles. The summed E-state index contributed by atoms with van der Waals surface area (Å²) in [6.07, 6.45) is 1.59. The summed E-state index contributed by atoms with van der Waals surface area (Å²) in [6, 6.07) is 1.93. The van der Waals surface area contributed by atoms with Gasteiger partial charge in [0.1, 0.15) is 0 Å². The van der Waals surface area contributed by atoms with Gasteiger partial charge in [-0.25, -0.2) is 0 Å². The Morgan fingerprint density at radius 1 is 1.89 bits per heavy atom. The third-order valence-electron chi connectivity index (χ3n) is 0.848. The molecule has 3 nitrogen and oxygen atoms in total. The van der Waals surface area contributed by atoms with Gasteiger partial charge in [-0.05, 0) is 24.5 Å². The van der Waals surface area contributed by atoms with E-state index in [1.54, 1.807) is 6.21 Å². The number of aromatic nitrogens is 1. The van der Waals surface area contributed by atoms with Gasteiger partial charge in [-0.1, -0.05) is 0 Å². The second-order valence-corrected chi connectivity index (χ2v) is 2.49. The van der Waals surface area contributed by atoms with Crippen LogP contribution in [0.4, 0.5) is 0 Å².